The number of nitrogens with zero attached hydrogens (tertiary/aromatic N) is 3. The molecule has 6 nitrogen and oxygen atoms in total. The van der Waals surface area contributed by atoms with Gasteiger partial charge in [-0.05, 0) is 42.0 Å². The molecule has 140 valence electrons. The Kier molecular flexibility index (Phi) is 4.90. The van der Waals surface area contributed by atoms with Gasteiger partial charge in [0.2, 0.25) is 0 Å². The van der Waals surface area contributed by atoms with E-state index in [0.717, 1.165) is 28.5 Å². The van der Waals surface area contributed by atoms with Crippen molar-refractivity contribution in [2.24, 2.45) is 0 Å². The molecule has 0 radical (unpaired) electrons. The summed E-state index contributed by atoms with van der Waals surface area (Å²) in [4.78, 5) is 16.6. The van der Waals surface area contributed by atoms with E-state index in [4.69, 9.17) is 11.6 Å². The molecule has 0 atom stereocenters. The number of anilines is 1. The molecule has 0 aliphatic heterocycles. The van der Waals surface area contributed by atoms with Crippen molar-refractivity contribution in [2.75, 3.05) is 5.32 Å². The molecule has 0 aliphatic rings. The highest BCUT2D eigenvalue weighted by Crippen LogP contribution is 2.22. The lowest BCUT2D eigenvalue weighted by Crippen LogP contribution is -2.28. The fourth-order valence-electron chi connectivity index (χ4n) is 2.75. The van der Waals surface area contributed by atoms with E-state index in [0.29, 0.717) is 12.2 Å². The van der Waals surface area contributed by atoms with Crippen molar-refractivity contribution in [3.05, 3.63) is 83.4 Å². The monoisotopic (exact) mass is 395 g/mol. The summed E-state index contributed by atoms with van der Waals surface area (Å²) in [5, 5.41) is 9.71. The maximum atomic E-state index is 13.1. The van der Waals surface area contributed by atoms with E-state index < -0.39 is 11.8 Å². The number of fused-ring (bicyclic) bond motifs is 1. The van der Waals surface area contributed by atoms with Crippen LogP contribution in [0.2, 0.25) is 5.02 Å². The van der Waals surface area contributed by atoms with Crippen molar-refractivity contribution in [1.82, 2.24) is 19.9 Å². The van der Waals surface area contributed by atoms with Crippen LogP contribution in [-0.4, -0.2) is 20.6 Å². The van der Waals surface area contributed by atoms with Gasteiger partial charge in [-0.1, -0.05) is 29.8 Å². The van der Waals surface area contributed by atoms with Gasteiger partial charge in [-0.15, -0.1) is 0 Å². The Balaban J connectivity index is 1.44. The lowest BCUT2D eigenvalue weighted by atomic mass is 10.1. The second kappa shape index (κ2) is 7.66. The summed E-state index contributed by atoms with van der Waals surface area (Å²) in [5.74, 6) is -0.463. The number of carbonyl (C=O) groups excluding carboxylic acids is 1. The molecule has 0 spiro atoms. The molecule has 2 heterocycles. The number of imidazole rings is 1. The Labute approximate surface area is 165 Å². The standard InChI is InChI=1S/C20H15ClFN5O/c21-16-10-15(22)6-7-17(16)26-20(28)23-11-13-3-1-4-14(9-13)18-12-27-19(25-18)5-2-8-24-27/h1-10,12H,11H2,(H2,23,26,28). The third kappa shape index (κ3) is 3.94. The van der Waals surface area contributed by atoms with E-state index in [-0.39, 0.29) is 5.02 Å². The third-order valence-electron chi connectivity index (χ3n) is 4.09. The van der Waals surface area contributed by atoms with E-state index >= 15 is 0 Å². The topological polar surface area (TPSA) is 71.3 Å². The smallest absolute Gasteiger partial charge is 0.319 e. The average Bonchev–Trinajstić information content (AvgIpc) is 3.13. The first-order valence-corrected chi connectivity index (χ1v) is 8.86. The molecule has 0 unspecified atom stereocenters. The second-order valence-electron chi connectivity index (χ2n) is 6.08. The minimum atomic E-state index is -0.463. The highest BCUT2D eigenvalue weighted by molar-refractivity contribution is 6.33. The second-order valence-corrected chi connectivity index (χ2v) is 6.49. The van der Waals surface area contributed by atoms with Gasteiger partial charge in [-0.2, -0.15) is 5.10 Å². The van der Waals surface area contributed by atoms with Crippen LogP contribution in [0.25, 0.3) is 16.9 Å². The first kappa shape index (κ1) is 17.9. The summed E-state index contributed by atoms with van der Waals surface area (Å²) in [7, 11) is 0. The first-order valence-electron chi connectivity index (χ1n) is 8.48. The fraction of sp³-hybridized carbons (Fsp3) is 0.0500. The normalized spacial score (nSPS) is 10.8. The fourth-order valence-corrected chi connectivity index (χ4v) is 2.96. The molecule has 0 saturated carbocycles. The van der Waals surface area contributed by atoms with E-state index in [1.807, 2.05) is 42.6 Å². The van der Waals surface area contributed by atoms with Crippen molar-refractivity contribution in [3.8, 4) is 11.3 Å². The number of nitrogens with one attached hydrogen (secondary N) is 2. The Bertz CT molecular complexity index is 1130. The van der Waals surface area contributed by atoms with Crippen LogP contribution in [0.1, 0.15) is 5.56 Å². The Hall–Kier alpha value is -3.45. The summed E-state index contributed by atoms with van der Waals surface area (Å²) >= 11 is 5.92. The first-order chi connectivity index (χ1) is 13.6. The van der Waals surface area contributed by atoms with E-state index in [2.05, 4.69) is 20.7 Å². The average molecular weight is 396 g/mol. The molecule has 4 rings (SSSR count). The van der Waals surface area contributed by atoms with Crippen molar-refractivity contribution in [3.63, 3.8) is 0 Å². The van der Waals surface area contributed by atoms with Gasteiger partial charge < -0.3 is 10.6 Å². The maximum Gasteiger partial charge on any atom is 0.319 e. The van der Waals surface area contributed by atoms with Crippen LogP contribution in [0.15, 0.2) is 67.0 Å². The lowest BCUT2D eigenvalue weighted by Gasteiger charge is -2.09. The van der Waals surface area contributed by atoms with Crippen molar-refractivity contribution >= 4 is 29.0 Å². The number of urea groups is 1. The predicted molar refractivity (Wildman–Crippen MR) is 106 cm³/mol. The van der Waals surface area contributed by atoms with Crippen LogP contribution >= 0.6 is 11.6 Å². The zero-order valence-electron chi connectivity index (χ0n) is 14.6. The predicted octanol–water partition coefficient (Wildman–Crippen LogP) is 4.51. The molecule has 8 heteroatoms. The van der Waals surface area contributed by atoms with Crippen molar-refractivity contribution in [2.45, 2.75) is 6.54 Å². The molecular weight excluding hydrogens is 381 g/mol. The lowest BCUT2D eigenvalue weighted by molar-refractivity contribution is 0.251. The minimum absolute atomic E-state index is 0.137. The number of carbonyl (C=O) groups is 1. The minimum Gasteiger partial charge on any atom is -0.334 e. The SMILES string of the molecule is O=C(NCc1cccc(-c2cn3ncccc3n2)c1)Nc1ccc(F)cc1Cl. The summed E-state index contributed by atoms with van der Waals surface area (Å²) < 4.78 is 14.8. The van der Waals surface area contributed by atoms with Gasteiger partial charge in [0.25, 0.3) is 0 Å². The molecule has 0 fully saturated rings. The molecule has 0 bridgehead atoms. The van der Waals surface area contributed by atoms with Crippen molar-refractivity contribution < 1.29 is 9.18 Å². The molecule has 2 aromatic heterocycles. The molecule has 28 heavy (non-hydrogen) atoms. The molecular formula is C20H15ClFN5O. The zero-order valence-corrected chi connectivity index (χ0v) is 15.3. The van der Waals surface area contributed by atoms with Gasteiger partial charge in [0.1, 0.15) is 5.82 Å². The molecule has 0 saturated heterocycles. The van der Waals surface area contributed by atoms with Crippen LogP contribution in [0, 0.1) is 5.82 Å². The van der Waals surface area contributed by atoms with Gasteiger partial charge in [-0.25, -0.2) is 18.7 Å². The number of amides is 2. The van der Waals surface area contributed by atoms with Gasteiger partial charge >= 0.3 is 6.03 Å². The number of halogens is 2. The van der Waals surface area contributed by atoms with Gasteiger partial charge in [0.05, 0.1) is 22.6 Å². The Morgan fingerprint density at radius 3 is 2.86 bits per heavy atom. The molecule has 0 aliphatic carbocycles. The van der Waals surface area contributed by atoms with E-state index in [1.54, 1.807) is 10.7 Å². The number of benzene rings is 2. The molecule has 2 N–H and O–H groups in total. The Morgan fingerprint density at radius 2 is 2.04 bits per heavy atom. The number of aromatic nitrogens is 3. The summed E-state index contributed by atoms with van der Waals surface area (Å²) in [6.07, 6.45) is 3.55. The molecule has 4 aromatic rings. The van der Waals surface area contributed by atoms with Crippen LogP contribution in [0.4, 0.5) is 14.9 Å². The largest absolute Gasteiger partial charge is 0.334 e. The Morgan fingerprint density at radius 1 is 1.14 bits per heavy atom. The van der Waals surface area contributed by atoms with Crippen LogP contribution in [0.5, 0.6) is 0 Å². The number of hydrogen-bond donors (Lipinski definition) is 2. The number of hydrogen-bond acceptors (Lipinski definition) is 3. The van der Waals surface area contributed by atoms with Crippen LogP contribution in [-0.2, 0) is 6.54 Å². The third-order valence-corrected chi connectivity index (χ3v) is 4.40. The highest BCUT2D eigenvalue weighted by atomic mass is 35.5. The number of rotatable bonds is 4. The summed E-state index contributed by atoms with van der Waals surface area (Å²) in [6, 6.07) is 14.8. The highest BCUT2D eigenvalue weighted by Gasteiger charge is 2.08. The quantitative estimate of drug-likeness (QED) is 0.534. The van der Waals surface area contributed by atoms with E-state index in [9.17, 15) is 9.18 Å². The van der Waals surface area contributed by atoms with Gasteiger partial charge in [0, 0.05) is 18.3 Å². The summed E-state index contributed by atoms with van der Waals surface area (Å²) in [6.45, 7) is 0.310. The molecule has 2 amide bonds. The maximum absolute atomic E-state index is 13.1. The van der Waals surface area contributed by atoms with Crippen LogP contribution < -0.4 is 10.6 Å². The van der Waals surface area contributed by atoms with Gasteiger partial charge in [0.15, 0.2) is 5.65 Å². The van der Waals surface area contributed by atoms with Crippen molar-refractivity contribution in [1.29, 1.82) is 0 Å². The summed E-state index contributed by atoms with van der Waals surface area (Å²) in [5.41, 5.74) is 3.72. The molecule has 2 aromatic carbocycles. The van der Waals surface area contributed by atoms with Gasteiger partial charge in [-0.3, -0.25) is 0 Å². The van der Waals surface area contributed by atoms with Crippen LogP contribution in [0.3, 0.4) is 0 Å². The zero-order chi connectivity index (χ0) is 19.5. The van der Waals surface area contributed by atoms with E-state index in [1.165, 1.54) is 12.1 Å².